The van der Waals surface area contributed by atoms with Gasteiger partial charge in [-0.3, -0.25) is 0 Å². The summed E-state index contributed by atoms with van der Waals surface area (Å²) in [5.74, 6) is 1.64. The molecule has 0 bridgehead atoms. The third-order valence-corrected chi connectivity index (χ3v) is 7.47. The summed E-state index contributed by atoms with van der Waals surface area (Å²) in [6.45, 7) is 0. The Hall–Kier alpha value is -5.54. The lowest BCUT2D eigenvalue weighted by Gasteiger charge is -2.25. The van der Waals surface area contributed by atoms with E-state index in [1.54, 1.807) is 14.2 Å². The molecule has 0 aliphatic rings. The van der Waals surface area contributed by atoms with Crippen molar-refractivity contribution < 1.29 is 9.47 Å². The molecule has 0 heterocycles. The minimum absolute atomic E-state index is 0.822. The predicted octanol–water partition coefficient (Wildman–Crippen LogP) is 10.4. The third kappa shape index (κ3) is 6.37. The van der Waals surface area contributed by atoms with Gasteiger partial charge >= 0.3 is 0 Å². The summed E-state index contributed by atoms with van der Waals surface area (Å²) in [5.41, 5.74) is 10.1. The second-order valence-corrected chi connectivity index (χ2v) is 10.2. The molecule has 0 N–H and O–H groups in total. The first kappa shape index (κ1) is 27.6. The number of hydrogen-bond acceptors (Lipinski definition) is 3. The van der Waals surface area contributed by atoms with E-state index in [2.05, 4.69) is 132 Å². The molecule has 0 saturated heterocycles. The van der Waals surface area contributed by atoms with Crippen LogP contribution in [0.2, 0.25) is 0 Å². The fourth-order valence-corrected chi connectivity index (χ4v) is 5.26. The van der Waals surface area contributed by atoms with E-state index in [0.717, 1.165) is 50.8 Å². The normalized spacial score (nSPS) is 10.6. The van der Waals surface area contributed by atoms with Crippen LogP contribution in [0.5, 0.6) is 11.5 Å². The van der Waals surface area contributed by atoms with Gasteiger partial charge in [0.15, 0.2) is 0 Å². The number of para-hydroxylation sites is 2. The molecule has 0 spiro atoms. The second kappa shape index (κ2) is 13.0. The van der Waals surface area contributed by atoms with Crippen LogP contribution in [0.3, 0.4) is 0 Å². The summed E-state index contributed by atoms with van der Waals surface area (Å²) in [4.78, 5) is 2.27. The molecule has 0 radical (unpaired) electrons. The Bertz CT molecular complexity index is 1720. The summed E-state index contributed by atoms with van der Waals surface area (Å²) in [5, 5.41) is 0. The highest BCUT2D eigenvalue weighted by molar-refractivity contribution is 5.92. The predicted molar refractivity (Wildman–Crippen MR) is 180 cm³/mol. The fourth-order valence-electron chi connectivity index (χ4n) is 5.26. The molecule has 0 saturated carbocycles. The van der Waals surface area contributed by atoms with Crippen LogP contribution in [-0.4, -0.2) is 14.2 Å². The van der Waals surface area contributed by atoms with Crippen LogP contribution in [0.1, 0.15) is 16.7 Å². The van der Waals surface area contributed by atoms with Gasteiger partial charge in [-0.1, -0.05) is 97.1 Å². The van der Waals surface area contributed by atoms with Gasteiger partial charge in [0.05, 0.1) is 14.2 Å². The van der Waals surface area contributed by atoms with E-state index >= 15 is 0 Å². The van der Waals surface area contributed by atoms with Crippen molar-refractivity contribution in [3.05, 3.63) is 174 Å². The van der Waals surface area contributed by atoms with Crippen molar-refractivity contribution in [2.45, 2.75) is 0 Å². The molecule has 0 aliphatic carbocycles. The average molecular weight is 560 g/mol. The van der Waals surface area contributed by atoms with Crippen molar-refractivity contribution in [1.82, 2.24) is 0 Å². The van der Waals surface area contributed by atoms with Gasteiger partial charge in [-0.25, -0.2) is 0 Å². The van der Waals surface area contributed by atoms with Crippen LogP contribution in [0.15, 0.2) is 158 Å². The molecule has 0 aliphatic heterocycles. The monoisotopic (exact) mass is 559 g/mol. The van der Waals surface area contributed by atoms with E-state index in [1.165, 1.54) is 11.1 Å². The minimum Gasteiger partial charge on any atom is -0.497 e. The smallest absolute Gasteiger partial charge is 0.119 e. The molecule has 43 heavy (non-hydrogen) atoms. The van der Waals surface area contributed by atoms with E-state index < -0.39 is 0 Å². The standard InChI is InChI=1S/C40H33NO2/c1-42-38-17-9-11-33(28-38)40(34-12-10-18-39(29-34)43-2)27-30-19-21-31(22-20-30)32-23-25-37(26-24-32)41(35-13-5-3-6-14-35)36-15-7-4-8-16-36/h3-29H,1-2H3. The zero-order valence-corrected chi connectivity index (χ0v) is 24.4. The summed E-state index contributed by atoms with van der Waals surface area (Å²) >= 11 is 0. The molecule has 0 aromatic heterocycles. The number of benzene rings is 6. The van der Waals surface area contributed by atoms with E-state index in [9.17, 15) is 0 Å². The Morgan fingerprint density at radius 2 is 0.907 bits per heavy atom. The van der Waals surface area contributed by atoms with Gasteiger partial charge in [0, 0.05) is 17.1 Å². The van der Waals surface area contributed by atoms with Gasteiger partial charge in [0.1, 0.15) is 11.5 Å². The van der Waals surface area contributed by atoms with E-state index in [0.29, 0.717) is 0 Å². The molecule has 0 fully saturated rings. The number of rotatable bonds is 9. The largest absolute Gasteiger partial charge is 0.497 e. The highest BCUT2D eigenvalue weighted by atomic mass is 16.5. The van der Waals surface area contributed by atoms with E-state index in [4.69, 9.17) is 9.47 Å². The highest BCUT2D eigenvalue weighted by Gasteiger charge is 2.12. The van der Waals surface area contributed by atoms with Crippen molar-refractivity contribution in [1.29, 1.82) is 0 Å². The highest BCUT2D eigenvalue weighted by Crippen LogP contribution is 2.36. The van der Waals surface area contributed by atoms with Crippen molar-refractivity contribution in [3.63, 3.8) is 0 Å². The summed E-state index contributed by atoms with van der Waals surface area (Å²) in [6, 6.07) is 54.7. The van der Waals surface area contributed by atoms with Crippen molar-refractivity contribution >= 4 is 28.7 Å². The van der Waals surface area contributed by atoms with E-state index in [1.807, 2.05) is 36.4 Å². The minimum atomic E-state index is 0.822. The molecule has 3 nitrogen and oxygen atoms in total. The van der Waals surface area contributed by atoms with Crippen LogP contribution in [-0.2, 0) is 0 Å². The summed E-state index contributed by atoms with van der Waals surface area (Å²) in [7, 11) is 3.39. The lowest BCUT2D eigenvalue weighted by molar-refractivity contribution is 0.414. The lowest BCUT2D eigenvalue weighted by atomic mass is 9.94. The summed E-state index contributed by atoms with van der Waals surface area (Å²) < 4.78 is 11.0. The van der Waals surface area contributed by atoms with Gasteiger partial charge in [-0.05, 0) is 100 Å². The molecule has 6 rings (SSSR count). The number of methoxy groups -OCH3 is 2. The molecule has 6 aromatic rings. The zero-order valence-electron chi connectivity index (χ0n) is 24.4. The quantitative estimate of drug-likeness (QED) is 0.165. The zero-order chi connectivity index (χ0) is 29.4. The molecule has 0 atom stereocenters. The van der Waals surface area contributed by atoms with Crippen molar-refractivity contribution in [3.8, 4) is 22.6 Å². The van der Waals surface area contributed by atoms with Crippen molar-refractivity contribution in [2.24, 2.45) is 0 Å². The van der Waals surface area contributed by atoms with E-state index in [-0.39, 0.29) is 0 Å². The van der Waals surface area contributed by atoms with Gasteiger partial charge in [0.25, 0.3) is 0 Å². The third-order valence-electron chi connectivity index (χ3n) is 7.47. The van der Waals surface area contributed by atoms with Gasteiger partial charge in [0.2, 0.25) is 0 Å². The molecule has 6 aromatic carbocycles. The average Bonchev–Trinajstić information content (AvgIpc) is 3.09. The van der Waals surface area contributed by atoms with Crippen LogP contribution in [0, 0.1) is 0 Å². The van der Waals surface area contributed by atoms with Gasteiger partial charge < -0.3 is 14.4 Å². The Morgan fingerprint density at radius 1 is 0.465 bits per heavy atom. The number of anilines is 3. The first-order chi connectivity index (χ1) is 21.2. The van der Waals surface area contributed by atoms with Crippen LogP contribution in [0.4, 0.5) is 17.1 Å². The topological polar surface area (TPSA) is 21.7 Å². The Labute approximate surface area is 253 Å². The Balaban J connectivity index is 1.31. The molecule has 210 valence electrons. The Morgan fingerprint density at radius 3 is 1.37 bits per heavy atom. The van der Waals surface area contributed by atoms with Crippen LogP contribution < -0.4 is 14.4 Å². The first-order valence-corrected chi connectivity index (χ1v) is 14.3. The molecule has 0 amide bonds. The molecular weight excluding hydrogens is 526 g/mol. The maximum Gasteiger partial charge on any atom is 0.119 e. The maximum atomic E-state index is 5.52. The SMILES string of the molecule is COc1cccc(C(=Cc2ccc(-c3ccc(N(c4ccccc4)c4ccccc4)cc3)cc2)c2cccc(OC)c2)c1. The first-order valence-electron chi connectivity index (χ1n) is 14.3. The second-order valence-electron chi connectivity index (χ2n) is 10.2. The summed E-state index contributed by atoms with van der Waals surface area (Å²) in [6.07, 6.45) is 2.22. The maximum absolute atomic E-state index is 5.52. The number of nitrogens with zero attached hydrogens (tertiary/aromatic N) is 1. The fraction of sp³-hybridized carbons (Fsp3) is 0.0500. The van der Waals surface area contributed by atoms with Gasteiger partial charge in [-0.15, -0.1) is 0 Å². The number of ether oxygens (including phenoxy) is 2. The molecule has 0 unspecified atom stereocenters. The van der Waals surface area contributed by atoms with Gasteiger partial charge in [-0.2, -0.15) is 0 Å². The van der Waals surface area contributed by atoms with Crippen LogP contribution in [0.25, 0.3) is 22.8 Å². The lowest BCUT2D eigenvalue weighted by Crippen LogP contribution is -2.09. The van der Waals surface area contributed by atoms with Crippen molar-refractivity contribution in [2.75, 3.05) is 19.1 Å². The molecule has 3 heteroatoms. The van der Waals surface area contributed by atoms with Crippen LogP contribution >= 0.6 is 0 Å². The molecular formula is C40H33NO2. The Kier molecular flexibility index (Phi) is 8.33. The number of hydrogen-bond donors (Lipinski definition) is 0.